The number of amides is 2. The Labute approximate surface area is 186 Å². The van der Waals surface area contributed by atoms with Crippen molar-refractivity contribution < 1.29 is 30.0 Å². The first kappa shape index (κ1) is 31.2. The fraction of sp³-hybridized carbons (Fsp3) is 0.652. The highest BCUT2D eigenvalue weighted by atomic mass is 16.3. The Bertz CT molecular complexity index is 691. The summed E-state index contributed by atoms with van der Waals surface area (Å²) < 4.78 is 0. The first-order valence-corrected chi connectivity index (χ1v) is 11.0. The van der Waals surface area contributed by atoms with Gasteiger partial charge in [0, 0.05) is 24.2 Å². The third kappa shape index (κ3) is 8.95. The molecule has 0 aliphatic heterocycles. The van der Waals surface area contributed by atoms with E-state index in [2.05, 4.69) is 10.6 Å². The number of carbonyl (C=O) groups excluding carboxylic acids is 2. The highest BCUT2D eigenvalue weighted by Crippen LogP contribution is 2.28. The van der Waals surface area contributed by atoms with E-state index in [9.17, 15) is 19.8 Å². The Kier molecular flexibility index (Phi) is 16.8. The lowest BCUT2D eigenvalue weighted by molar-refractivity contribution is 0.0798. The maximum Gasteiger partial charge on any atom is 0.251 e. The highest BCUT2D eigenvalue weighted by Gasteiger charge is 2.25. The minimum atomic E-state index is -1.06. The number of aliphatic hydroxyl groups is 4. The van der Waals surface area contributed by atoms with Crippen LogP contribution in [0.4, 0.5) is 0 Å². The van der Waals surface area contributed by atoms with E-state index in [1.54, 1.807) is 13.8 Å². The summed E-state index contributed by atoms with van der Waals surface area (Å²) in [5, 5.41) is 41.9. The van der Waals surface area contributed by atoms with Gasteiger partial charge in [-0.3, -0.25) is 9.59 Å². The SMILES string of the molecule is CC.CC.CCc1c(C)c(C)c(C(=O)NCC(O)CO)c(C)c1C(=O)NCC(O)CO. The molecule has 0 radical (unpaired) electrons. The molecule has 0 aliphatic carbocycles. The van der Waals surface area contributed by atoms with Gasteiger partial charge in [-0.05, 0) is 49.4 Å². The Morgan fingerprint density at radius 3 is 1.48 bits per heavy atom. The van der Waals surface area contributed by atoms with Gasteiger partial charge in [0.05, 0.1) is 25.4 Å². The summed E-state index contributed by atoms with van der Waals surface area (Å²) in [6.45, 7) is 14.1. The van der Waals surface area contributed by atoms with E-state index in [-0.39, 0.29) is 13.1 Å². The van der Waals surface area contributed by atoms with Crippen LogP contribution in [0.15, 0.2) is 0 Å². The van der Waals surface area contributed by atoms with E-state index in [1.807, 2.05) is 41.5 Å². The zero-order valence-electron chi connectivity index (χ0n) is 20.3. The summed E-state index contributed by atoms with van der Waals surface area (Å²) in [6.07, 6.45) is -1.54. The van der Waals surface area contributed by atoms with Crippen molar-refractivity contribution in [3.8, 4) is 0 Å². The molecular weight excluding hydrogens is 400 g/mol. The molecule has 0 aromatic heterocycles. The van der Waals surface area contributed by atoms with Gasteiger partial charge in [0.25, 0.3) is 11.8 Å². The van der Waals surface area contributed by atoms with Crippen molar-refractivity contribution in [3.05, 3.63) is 33.4 Å². The Hall–Kier alpha value is -2.00. The second-order valence-electron chi connectivity index (χ2n) is 6.55. The molecule has 0 bridgehead atoms. The van der Waals surface area contributed by atoms with Crippen LogP contribution >= 0.6 is 0 Å². The van der Waals surface area contributed by atoms with Crippen molar-refractivity contribution in [1.29, 1.82) is 0 Å². The molecular formula is C23H42N2O6. The molecule has 180 valence electrons. The predicted molar refractivity (Wildman–Crippen MR) is 124 cm³/mol. The van der Waals surface area contributed by atoms with Crippen LogP contribution in [0.3, 0.4) is 0 Å². The van der Waals surface area contributed by atoms with Gasteiger partial charge in [-0.25, -0.2) is 0 Å². The molecule has 31 heavy (non-hydrogen) atoms. The molecule has 2 atom stereocenters. The molecule has 1 aromatic rings. The van der Waals surface area contributed by atoms with E-state index in [1.165, 1.54) is 0 Å². The normalized spacial score (nSPS) is 11.9. The molecule has 0 heterocycles. The molecule has 0 aliphatic rings. The number of aliphatic hydroxyl groups excluding tert-OH is 4. The minimum Gasteiger partial charge on any atom is -0.394 e. The quantitative estimate of drug-likeness (QED) is 0.342. The monoisotopic (exact) mass is 442 g/mol. The van der Waals surface area contributed by atoms with Crippen LogP contribution in [0.1, 0.15) is 77.6 Å². The fourth-order valence-corrected chi connectivity index (χ4v) is 3.05. The maximum atomic E-state index is 12.7. The van der Waals surface area contributed by atoms with Crippen LogP contribution in [-0.2, 0) is 6.42 Å². The van der Waals surface area contributed by atoms with E-state index in [0.29, 0.717) is 23.1 Å². The van der Waals surface area contributed by atoms with Crippen LogP contribution in [-0.4, -0.2) is 70.8 Å². The van der Waals surface area contributed by atoms with Gasteiger partial charge in [0.15, 0.2) is 0 Å². The standard InChI is InChI=1S/C19H30N2O6.2C2H6/c1-5-15-10(2)11(3)16(18(26)20-6-13(24)8-22)12(4)17(15)19(27)21-7-14(25)9-23;2*1-2/h13-14,22-25H,5-9H2,1-4H3,(H,20,26)(H,21,27);2*1-2H3. The second-order valence-corrected chi connectivity index (χ2v) is 6.55. The van der Waals surface area contributed by atoms with Gasteiger partial charge in [-0.1, -0.05) is 34.6 Å². The number of hydrogen-bond donors (Lipinski definition) is 6. The third-order valence-electron chi connectivity index (χ3n) is 4.67. The van der Waals surface area contributed by atoms with Gasteiger partial charge in [-0.15, -0.1) is 0 Å². The van der Waals surface area contributed by atoms with Crippen molar-refractivity contribution in [1.82, 2.24) is 10.6 Å². The summed E-state index contributed by atoms with van der Waals surface area (Å²) in [6, 6.07) is 0. The molecule has 0 fully saturated rings. The Balaban J connectivity index is 0. The van der Waals surface area contributed by atoms with Crippen LogP contribution in [0.5, 0.6) is 0 Å². The maximum absolute atomic E-state index is 12.7. The van der Waals surface area contributed by atoms with Crippen molar-refractivity contribution in [2.45, 2.75) is 74.0 Å². The third-order valence-corrected chi connectivity index (χ3v) is 4.67. The number of nitrogens with one attached hydrogen (secondary N) is 2. The van der Waals surface area contributed by atoms with Crippen LogP contribution in [0.25, 0.3) is 0 Å². The van der Waals surface area contributed by atoms with Gasteiger partial charge in [-0.2, -0.15) is 0 Å². The topological polar surface area (TPSA) is 139 Å². The van der Waals surface area contributed by atoms with Crippen molar-refractivity contribution in [3.63, 3.8) is 0 Å². The van der Waals surface area contributed by atoms with E-state index in [0.717, 1.165) is 16.7 Å². The Morgan fingerprint density at radius 2 is 1.13 bits per heavy atom. The molecule has 0 spiro atoms. The summed E-state index contributed by atoms with van der Waals surface area (Å²) in [7, 11) is 0. The lowest BCUT2D eigenvalue weighted by atomic mass is 9.86. The largest absolute Gasteiger partial charge is 0.394 e. The van der Waals surface area contributed by atoms with Crippen molar-refractivity contribution >= 4 is 11.8 Å². The van der Waals surface area contributed by atoms with Crippen LogP contribution in [0.2, 0.25) is 0 Å². The zero-order valence-corrected chi connectivity index (χ0v) is 20.3. The van der Waals surface area contributed by atoms with Crippen molar-refractivity contribution in [2.75, 3.05) is 26.3 Å². The number of hydrogen-bond acceptors (Lipinski definition) is 6. The van der Waals surface area contributed by atoms with Gasteiger partial charge < -0.3 is 31.1 Å². The van der Waals surface area contributed by atoms with Crippen LogP contribution in [0, 0.1) is 20.8 Å². The van der Waals surface area contributed by atoms with Gasteiger partial charge in [0.1, 0.15) is 0 Å². The van der Waals surface area contributed by atoms with E-state index < -0.39 is 37.2 Å². The molecule has 8 heteroatoms. The van der Waals surface area contributed by atoms with E-state index in [4.69, 9.17) is 10.2 Å². The average Bonchev–Trinajstić information content (AvgIpc) is 2.80. The van der Waals surface area contributed by atoms with Crippen molar-refractivity contribution in [2.24, 2.45) is 0 Å². The van der Waals surface area contributed by atoms with Crippen LogP contribution < -0.4 is 10.6 Å². The zero-order chi connectivity index (χ0) is 24.7. The number of benzene rings is 1. The molecule has 1 aromatic carbocycles. The number of rotatable bonds is 9. The molecule has 1 rings (SSSR count). The summed E-state index contributed by atoms with van der Waals surface area (Å²) >= 11 is 0. The molecule has 2 unspecified atom stereocenters. The van der Waals surface area contributed by atoms with E-state index >= 15 is 0 Å². The fourth-order valence-electron chi connectivity index (χ4n) is 3.05. The molecule has 8 nitrogen and oxygen atoms in total. The summed E-state index contributed by atoms with van der Waals surface area (Å²) in [5.74, 6) is -0.864. The first-order chi connectivity index (χ1) is 14.7. The lowest BCUT2D eigenvalue weighted by Crippen LogP contribution is -2.37. The number of carbonyl (C=O) groups is 2. The molecule has 2 amide bonds. The summed E-state index contributed by atoms with van der Waals surface area (Å²) in [4.78, 5) is 25.3. The minimum absolute atomic E-state index is 0.102. The molecule has 0 saturated heterocycles. The smallest absolute Gasteiger partial charge is 0.251 e. The lowest BCUT2D eigenvalue weighted by Gasteiger charge is -2.22. The average molecular weight is 443 g/mol. The second kappa shape index (κ2) is 16.7. The predicted octanol–water partition coefficient (Wildman–Crippen LogP) is 1.39. The first-order valence-electron chi connectivity index (χ1n) is 11.0. The highest BCUT2D eigenvalue weighted by molar-refractivity contribution is 6.04. The summed E-state index contributed by atoms with van der Waals surface area (Å²) in [5.41, 5.74) is 3.60. The van der Waals surface area contributed by atoms with Gasteiger partial charge in [0.2, 0.25) is 0 Å². The molecule has 0 saturated carbocycles. The van der Waals surface area contributed by atoms with Gasteiger partial charge >= 0.3 is 0 Å². The molecule has 6 N–H and O–H groups in total. The Morgan fingerprint density at radius 1 is 0.742 bits per heavy atom.